The zero-order valence-electron chi connectivity index (χ0n) is 7.55. The Hall–Kier alpha value is -0.384. The molecule has 0 aliphatic heterocycles. The van der Waals surface area contributed by atoms with E-state index >= 15 is 0 Å². The van der Waals surface area contributed by atoms with Gasteiger partial charge in [-0.25, -0.2) is 4.39 Å². The maximum Gasteiger partial charge on any atom is 0.123 e. The average molecular weight is 252 g/mol. The molecule has 1 radical (unpaired) electrons. The molecule has 3 heteroatoms. The van der Waals surface area contributed by atoms with Gasteiger partial charge in [-0.1, -0.05) is 6.42 Å². The fourth-order valence-corrected chi connectivity index (χ4v) is 2.42. The van der Waals surface area contributed by atoms with Crippen LogP contribution in [0.15, 0.2) is 23.6 Å². The van der Waals surface area contributed by atoms with Crippen LogP contribution in [-0.2, 0) is 23.2 Å². The Labute approximate surface area is 97.3 Å². The summed E-state index contributed by atoms with van der Waals surface area (Å²) in [7, 11) is 0. The predicted octanol–water partition coefficient (Wildman–Crippen LogP) is 3.80. The molecule has 1 heterocycles. The number of hydrogen-bond donors (Lipinski definition) is 0. The minimum Gasteiger partial charge on any atom is -0.343 e. The minimum absolute atomic E-state index is 0. The number of halogens is 1. The van der Waals surface area contributed by atoms with Crippen molar-refractivity contribution < 1.29 is 21.2 Å². The van der Waals surface area contributed by atoms with Gasteiger partial charge in [0.05, 0.1) is 0 Å². The number of fused-ring (bicyclic) bond motifs is 1. The zero-order chi connectivity index (χ0) is 9.26. The van der Waals surface area contributed by atoms with Gasteiger partial charge in [0.2, 0.25) is 0 Å². The summed E-state index contributed by atoms with van der Waals surface area (Å²) in [5, 5.41) is 3.14. The van der Waals surface area contributed by atoms with Crippen molar-refractivity contribution in [3.05, 3.63) is 41.9 Å². The molecule has 14 heavy (non-hydrogen) atoms. The standard InChI is InChI=1S/C11H10FS.Co/c1-2-3-8-7-13-11-5-4-9(12)6-10(8)11;/h4-7H,1-3H2;/q-1;. The largest absolute Gasteiger partial charge is 0.343 e. The molecule has 0 spiro atoms. The SMILES string of the molecule is [CH2-]CCc1csc2ccc(F)cc12.[Co]. The topological polar surface area (TPSA) is 0 Å². The van der Waals surface area contributed by atoms with E-state index in [1.54, 1.807) is 17.4 Å². The van der Waals surface area contributed by atoms with Crippen LogP contribution in [0.3, 0.4) is 0 Å². The molecule has 2 aromatic rings. The maximum atomic E-state index is 12.9. The van der Waals surface area contributed by atoms with Crippen LogP contribution in [0, 0.1) is 12.7 Å². The van der Waals surface area contributed by atoms with E-state index in [1.807, 2.05) is 6.07 Å². The molecule has 0 amide bonds. The summed E-state index contributed by atoms with van der Waals surface area (Å²) in [6, 6.07) is 4.95. The number of hydrogen-bond acceptors (Lipinski definition) is 1. The Morgan fingerprint density at radius 3 is 2.86 bits per heavy atom. The fourth-order valence-electron chi connectivity index (χ4n) is 1.44. The van der Waals surface area contributed by atoms with Crippen molar-refractivity contribution in [3.8, 4) is 0 Å². The number of rotatable bonds is 2. The third kappa shape index (κ3) is 2.16. The molecule has 0 N–H and O–H groups in total. The van der Waals surface area contributed by atoms with Crippen LogP contribution >= 0.6 is 11.3 Å². The number of aryl methyl sites for hydroxylation is 1. The van der Waals surface area contributed by atoms with Gasteiger partial charge in [-0.2, -0.15) is 6.42 Å². The van der Waals surface area contributed by atoms with Crippen LogP contribution in [0.5, 0.6) is 0 Å². The van der Waals surface area contributed by atoms with E-state index in [1.165, 1.54) is 11.6 Å². The number of benzene rings is 1. The minimum atomic E-state index is -0.156. The van der Waals surface area contributed by atoms with E-state index in [0.29, 0.717) is 0 Å². The summed E-state index contributed by atoms with van der Waals surface area (Å²) < 4.78 is 14.1. The van der Waals surface area contributed by atoms with Gasteiger partial charge >= 0.3 is 0 Å². The van der Waals surface area contributed by atoms with Gasteiger partial charge < -0.3 is 6.92 Å². The van der Waals surface area contributed by atoms with Crippen LogP contribution < -0.4 is 0 Å². The van der Waals surface area contributed by atoms with E-state index in [4.69, 9.17) is 0 Å². The fraction of sp³-hybridized carbons (Fsp3) is 0.182. The summed E-state index contributed by atoms with van der Waals surface area (Å²) >= 11 is 1.67. The van der Waals surface area contributed by atoms with Crippen LogP contribution in [0.1, 0.15) is 12.0 Å². The van der Waals surface area contributed by atoms with Crippen LogP contribution in [0.4, 0.5) is 4.39 Å². The molecule has 0 saturated carbocycles. The molecule has 1 aromatic carbocycles. The van der Waals surface area contributed by atoms with Crippen LogP contribution in [0.25, 0.3) is 10.1 Å². The first-order valence-corrected chi connectivity index (χ1v) is 5.14. The molecule has 0 saturated heterocycles. The third-order valence-corrected chi connectivity index (χ3v) is 3.07. The van der Waals surface area contributed by atoms with Crippen molar-refractivity contribution in [3.63, 3.8) is 0 Å². The van der Waals surface area contributed by atoms with Gasteiger partial charge in [-0.15, -0.1) is 11.3 Å². The van der Waals surface area contributed by atoms with Crippen molar-refractivity contribution in [2.75, 3.05) is 0 Å². The summed E-state index contributed by atoms with van der Waals surface area (Å²) in [5.41, 5.74) is 1.22. The molecule has 0 aliphatic rings. The molecule has 0 atom stereocenters. The van der Waals surface area contributed by atoms with E-state index in [0.717, 1.165) is 22.9 Å². The first kappa shape index (κ1) is 11.7. The Morgan fingerprint density at radius 1 is 1.36 bits per heavy atom. The quantitative estimate of drug-likeness (QED) is 0.713. The summed E-state index contributed by atoms with van der Waals surface area (Å²) in [6.07, 6.45) is 1.80. The smallest absolute Gasteiger partial charge is 0.123 e. The molecule has 2 rings (SSSR count). The van der Waals surface area contributed by atoms with E-state index in [2.05, 4.69) is 12.3 Å². The molecule has 77 valence electrons. The second kappa shape index (κ2) is 4.91. The van der Waals surface area contributed by atoms with Gasteiger partial charge in [0.1, 0.15) is 5.82 Å². The van der Waals surface area contributed by atoms with Gasteiger partial charge in [0.25, 0.3) is 0 Å². The van der Waals surface area contributed by atoms with Crippen molar-refractivity contribution in [2.24, 2.45) is 0 Å². The summed E-state index contributed by atoms with van der Waals surface area (Å²) in [4.78, 5) is 0. The summed E-state index contributed by atoms with van der Waals surface area (Å²) in [6.45, 7) is 3.80. The van der Waals surface area contributed by atoms with Gasteiger partial charge in [0, 0.05) is 21.5 Å². The Morgan fingerprint density at radius 2 is 2.14 bits per heavy atom. The molecule has 0 bridgehead atoms. The maximum absolute atomic E-state index is 12.9. The van der Waals surface area contributed by atoms with Crippen LogP contribution in [-0.4, -0.2) is 0 Å². The Kier molecular flexibility index (Phi) is 4.10. The summed E-state index contributed by atoms with van der Waals surface area (Å²) in [5.74, 6) is -0.156. The Bertz CT molecular complexity index is 422. The third-order valence-electron chi connectivity index (χ3n) is 2.06. The van der Waals surface area contributed by atoms with Crippen LogP contribution in [0.2, 0.25) is 0 Å². The van der Waals surface area contributed by atoms with Gasteiger partial charge in [-0.3, -0.25) is 0 Å². The predicted molar refractivity (Wildman–Crippen MR) is 55.5 cm³/mol. The van der Waals surface area contributed by atoms with E-state index < -0.39 is 0 Å². The molecular formula is C11H10CoFS-. The molecule has 0 fully saturated rings. The average Bonchev–Trinajstić information content (AvgIpc) is 2.49. The second-order valence-corrected chi connectivity index (χ2v) is 3.92. The monoisotopic (exact) mass is 252 g/mol. The van der Waals surface area contributed by atoms with E-state index in [9.17, 15) is 4.39 Å². The molecular weight excluding hydrogens is 242 g/mol. The van der Waals surface area contributed by atoms with Crippen molar-refractivity contribution in [2.45, 2.75) is 12.8 Å². The van der Waals surface area contributed by atoms with E-state index in [-0.39, 0.29) is 22.6 Å². The molecule has 0 aliphatic carbocycles. The molecule has 0 nitrogen and oxygen atoms in total. The van der Waals surface area contributed by atoms with Gasteiger partial charge in [0.15, 0.2) is 0 Å². The Balaban J connectivity index is 0.000000980. The molecule has 0 unspecified atom stereocenters. The molecule has 1 aromatic heterocycles. The van der Waals surface area contributed by atoms with Gasteiger partial charge in [-0.05, 0) is 34.5 Å². The van der Waals surface area contributed by atoms with Crippen molar-refractivity contribution in [1.29, 1.82) is 0 Å². The van der Waals surface area contributed by atoms with Crippen molar-refractivity contribution >= 4 is 21.4 Å². The normalized spacial score (nSPS) is 10.1. The first-order chi connectivity index (χ1) is 6.31. The number of thiophene rings is 1. The second-order valence-electron chi connectivity index (χ2n) is 3.00. The van der Waals surface area contributed by atoms with Crippen molar-refractivity contribution in [1.82, 2.24) is 0 Å². The first-order valence-electron chi connectivity index (χ1n) is 4.26. The zero-order valence-corrected chi connectivity index (χ0v) is 9.41.